The molecule has 6 heteroatoms. The van der Waals surface area contributed by atoms with Crippen LogP contribution in [0.25, 0.3) is 0 Å². The average molecular weight is 186 g/mol. The highest BCUT2D eigenvalue weighted by Crippen LogP contribution is 2.18. The molecule has 1 rings (SSSR count). The number of carbonyl (C=O) groups is 2. The maximum absolute atomic E-state index is 11.1. The van der Waals surface area contributed by atoms with E-state index in [1.165, 1.54) is 14.2 Å². The fourth-order valence-electron chi connectivity index (χ4n) is 1.09. The van der Waals surface area contributed by atoms with Crippen molar-refractivity contribution in [2.75, 3.05) is 20.8 Å². The van der Waals surface area contributed by atoms with Crippen LogP contribution >= 0.6 is 0 Å². The van der Waals surface area contributed by atoms with Gasteiger partial charge in [-0.1, -0.05) is 0 Å². The van der Waals surface area contributed by atoms with Crippen molar-refractivity contribution >= 4 is 11.9 Å². The standard InChI is InChI=1S/C7H10N2O4/c1-12-6(10)4-3-8-9-5(4)7(11)13-2/h4-5H,3H2,1-2H3/t4-,5-/m1/s1. The van der Waals surface area contributed by atoms with Gasteiger partial charge < -0.3 is 9.47 Å². The molecule has 1 aliphatic rings. The first-order valence-corrected chi connectivity index (χ1v) is 3.73. The molecule has 0 fully saturated rings. The van der Waals surface area contributed by atoms with E-state index in [9.17, 15) is 9.59 Å². The summed E-state index contributed by atoms with van der Waals surface area (Å²) in [5.41, 5.74) is 0. The molecule has 0 aliphatic carbocycles. The van der Waals surface area contributed by atoms with Crippen molar-refractivity contribution in [1.82, 2.24) is 0 Å². The van der Waals surface area contributed by atoms with Crippen molar-refractivity contribution < 1.29 is 19.1 Å². The van der Waals surface area contributed by atoms with Gasteiger partial charge in [0.25, 0.3) is 0 Å². The lowest BCUT2D eigenvalue weighted by atomic mass is 10.0. The molecule has 0 N–H and O–H groups in total. The Bertz CT molecular complexity index is 251. The molecule has 1 aliphatic heterocycles. The molecule has 1 heterocycles. The number of nitrogens with zero attached hydrogens (tertiary/aromatic N) is 2. The minimum absolute atomic E-state index is 0.187. The first-order valence-electron chi connectivity index (χ1n) is 3.73. The maximum Gasteiger partial charge on any atom is 0.333 e. The van der Waals surface area contributed by atoms with Gasteiger partial charge in [0, 0.05) is 0 Å². The van der Waals surface area contributed by atoms with Gasteiger partial charge in [0.2, 0.25) is 0 Å². The molecule has 72 valence electrons. The fraction of sp³-hybridized carbons (Fsp3) is 0.714. The third-order valence-electron chi connectivity index (χ3n) is 1.81. The normalized spacial score (nSPS) is 25.7. The Kier molecular flexibility index (Phi) is 2.94. The van der Waals surface area contributed by atoms with Crippen molar-refractivity contribution in [3.63, 3.8) is 0 Å². The van der Waals surface area contributed by atoms with Crippen LogP contribution in [-0.4, -0.2) is 38.7 Å². The van der Waals surface area contributed by atoms with Crippen LogP contribution in [0, 0.1) is 5.92 Å². The molecule has 2 atom stereocenters. The molecule has 0 amide bonds. The van der Waals surface area contributed by atoms with Gasteiger partial charge >= 0.3 is 11.9 Å². The van der Waals surface area contributed by atoms with Gasteiger partial charge in [0.05, 0.1) is 20.8 Å². The molecule has 0 bridgehead atoms. The Balaban J connectivity index is 2.67. The van der Waals surface area contributed by atoms with Crippen LogP contribution in [0.4, 0.5) is 0 Å². The summed E-state index contributed by atoms with van der Waals surface area (Å²) in [6.45, 7) is 0.187. The molecule has 0 aromatic heterocycles. The van der Waals surface area contributed by atoms with Gasteiger partial charge in [-0.05, 0) is 0 Å². The highest BCUT2D eigenvalue weighted by Gasteiger charge is 2.39. The summed E-state index contributed by atoms with van der Waals surface area (Å²) >= 11 is 0. The topological polar surface area (TPSA) is 77.3 Å². The molecule has 0 saturated heterocycles. The van der Waals surface area contributed by atoms with E-state index in [1.54, 1.807) is 0 Å². The molecule has 0 unspecified atom stereocenters. The Labute approximate surface area is 74.9 Å². The summed E-state index contributed by atoms with van der Waals surface area (Å²) in [6.07, 6.45) is 0. The highest BCUT2D eigenvalue weighted by molar-refractivity contribution is 5.85. The smallest absolute Gasteiger partial charge is 0.333 e. The minimum atomic E-state index is -0.836. The van der Waals surface area contributed by atoms with E-state index in [1.807, 2.05) is 0 Å². The lowest BCUT2D eigenvalue weighted by Crippen LogP contribution is -2.33. The van der Waals surface area contributed by atoms with Crippen molar-refractivity contribution in [3.05, 3.63) is 0 Å². The average Bonchev–Trinajstić information content (AvgIpc) is 2.63. The second-order valence-electron chi connectivity index (χ2n) is 2.54. The number of ether oxygens (including phenoxy) is 2. The van der Waals surface area contributed by atoms with E-state index < -0.39 is 23.9 Å². The molecule has 0 spiro atoms. The van der Waals surface area contributed by atoms with Crippen molar-refractivity contribution in [1.29, 1.82) is 0 Å². The zero-order valence-electron chi connectivity index (χ0n) is 7.39. The van der Waals surface area contributed by atoms with Crippen LogP contribution in [0.15, 0.2) is 10.2 Å². The van der Waals surface area contributed by atoms with Gasteiger partial charge in [0.1, 0.15) is 5.92 Å². The number of hydrogen-bond acceptors (Lipinski definition) is 6. The van der Waals surface area contributed by atoms with Crippen LogP contribution in [0.2, 0.25) is 0 Å². The van der Waals surface area contributed by atoms with E-state index in [0.29, 0.717) is 0 Å². The third kappa shape index (κ3) is 1.82. The Hall–Kier alpha value is -1.46. The monoisotopic (exact) mass is 186 g/mol. The van der Waals surface area contributed by atoms with E-state index in [2.05, 4.69) is 19.7 Å². The zero-order chi connectivity index (χ0) is 9.84. The number of azo groups is 1. The lowest BCUT2D eigenvalue weighted by Gasteiger charge is -2.11. The van der Waals surface area contributed by atoms with Crippen LogP contribution < -0.4 is 0 Å². The Morgan fingerprint density at radius 2 is 1.85 bits per heavy atom. The molecule has 0 aromatic rings. The van der Waals surface area contributed by atoms with E-state index in [4.69, 9.17) is 0 Å². The quantitative estimate of drug-likeness (QED) is 0.559. The number of rotatable bonds is 2. The van der Waals surface area contributed by atoms with Crippen LogP contribution in [-0.2, 0) is 19.1 Å². The fourth-order valence-corrected chi connectivity index (χ4v) is 1.09. The summed E-state index contributed by atoms with van der Waals surface area (Å²) in [4.78, 5) is 22.2. The van der Waals surface area contributed by atoms with Crippen LogP contribution in [0.1, 0.15) is 0 Å². The molecule has 6 nitrogen and oxygen atoms in total. The number of esters is 2. The van der Waals surface area contributed by atoms with Gasteiger partial charge in [0.15, 0.2) is 6.04 Å². The van der Waals surface area contributed by atoms with Crippen molar-refractivity contribution in [3.8, 4) is 0 Å². The number of carbonyl (C=O) groups excluding carboxylic acids is 2. The second kappa shape index (κ2) is 3.97. The van der Waals surface area contributed by atoms with Crippen molar-refractivity contribution in [2.24, 2.45) is 16.1 Å². The van der Waals surface area contributed by atoms with Gasteiger partial charge in [-0.3, -0.25) is 4.79 Å². The van der Waals surface area contributed by atoms with Crippen LogP contribution in [0.5, 0.6) is 0 Å². The molecule has 0 saturated carbocycles. The summed E-state index contributed by atoms with van der Waals surface area (Å²) in [7, 11) is 2.50. The summed E-state index contributed by atoms with van der Waals surface area (Å²) in [6, 6.07) is -0.836. The van der Waals surface area contributed by atoms with E-state index in [-0.39, 0.29) is 6.54 Å². The summed E-state index contributed by atoms with van der Waals surface area (Å²) < 4.78 is 8.95. The molecular weight excluding hydrogens is 176 g/mol. The predicted octanol–water partition coefficient (Wildman–Crippen LogP) is -0.217. The van der Waals surface area contributed by atoms with E-state index in [0.717, 1.165) is 0 Å². The van der Waals surface area contributed by atoms with Crippen molar-refractivity contribution in [2.45, 2.75) is 6.04 Å². The molecular formula is C7H10N2O4. The summed E-state index contributed by atoms with van der Waals surface area (Å²) in [5.74, 6) is -1.67. The maximum atomic E-state index is 11.1. The third-order valence-corrected chi connectivity index (χ3v) is 1.81. The number of methoxy groups -OCH3 is 2. The predicted molar refractivity (Wildman–Crippen MR) is 41.0 cm³/mol. The number of hydrogen-bond donors (Lipinski definition) is 0. The minimum Gasteiger partial charge on any atom is -0.469 e. The Morgan fingerprint density at radius 1 is 1.23 bits per heavy atom. The lowest BCUT2D eigenvalue weighted by molar-refractivity contribution is -0.152. The van der Waals surface area contributed by atoms with E-state index >= 15 is 0 Å². The van der Waals surface area contributed by atoms with Gasteiger partial charge in [-0.15, -0.1) is 0 Å². The molecule has 0 aromatic carbocycles. The van der Waals surface area contributed by atoms with Gasteiger partial charge in [-0.2, -0.15) is 10.2 Å². The second-order valence-corrected chi connectivity index (χ2v) is 2.54. The first-order chi connectivity index (χ1) is 6.20. The summed E-state index contributed by atoms with van der Waals surface area (Å²) in [5, 5.41) is 7.21. The SMILES string of the molecule is COC(=O)[C@@H]1CN=N[C@H]1C(=O)OC. The highest BCUT2D eigenvalue weighted by atomic mass is 16.5. The molecule has 0 radical (unpaired) electrons. The zero-order valence-corrected chi connectivity index (χ0v) is 7.39. The first kappa shape index (κ1) is 9.63. The largest absolute Gasteiger partial charge is 0.469 e. The molecule has 13 heavy (non-hydrogen) atoms. The van der Waals surface area contributed by atoms with Gasteiger partial charge in [-0.25, -0.2) is 4.79 Å². The Morgan fingerprint density at radius 3 is 2.38 bits per heavy atom. The van der Waals surface area contributed by atoms with Crippen LogP contribution in [0.3, 0.4) is 0 Å².